The average molecular weight is 331 g/mol. The van der Waals surface area contributed by atoms with Gasteiger partial charge in [-0.15, -0.1) is 0 Å². The molecule has 1 fully saturated rings. The van der Waals surface area contributed by atoms with Crippen LogP contribution in [0.3, 0.4) is 0 Å². The Morgan fingerprint density at radius 2 is 1.81 bits per heavy atom. The molecule has 0 saturated heterocycles. The largest absolute Gasteiger partial charge is 0.490 e. The molecule has 0 heterocycles. The second kappa shape index (κ2) is 6.57. The van der Waals surface area contributed by atoms with Crippen LogP contribution >= 0.6 is 10.7 Å². The van der Waals surface area contributed by atoms with Crippen LogP contribution in [0.1, 0.15) is 63.0 Å². The van der Waals surface area contributed by atoms with E-state index < -0.39 is 9.05 Å². The van der Waals surface area contributed by atoms with Crippen LogP contribution < -0.4 is 4.74 Å². The van der Waals surface area contributed by atoms with Crippen molar-refractivity contribution in [3.63, 3.8) is 0 Å². The third-order valence-corrected chi connectivity index (χ3v) is 5.50. The molecule has 1 saturated carbocycles. The molecule has 0 atom stereocenters. The smallest absolute Gasteiger partial charge is 0.261 e. The van der Waals surface area contributed by atoms with Crippen molar-refractivity contribution in [2.24, 2.45) is 0 Å². The summed E-state index contributed by atoms with van der Waals surface area (Å²) >= 11 is 0. The molecule has 0 N–H and O–H groups in total. The molecular weight excluding hydrogens is 308 g/mol. The first-order valence-corrected chi connectivity index (χ1v) is 9.86. The highest BCUT2D eigenvalue weighted by atomic mass is 35.7. The Bertz CT molecular complexity index is 602. The Labute approximate surface area is 132 Å². The van der Waals surface area contributed by atoms with Gasteiger partial charge in [0.1, 0.15) is 5.75 Å². The summed E-state index contributed by atoms with van der Waals surface area (Å²) in [5.74, 6) is 0.986. The fourth-order valence-corrected chi connectivity index (χ4v) is 4.07. The van der Waals surface area contributed by atoms with Gasteiger partial charge >= 0.3 is 0 Å². The van der Waals surface area contributed by atoms with E-state index in [2.05, 4.69) is 0 Å². The molecule has 0 bridgehead atoms. The zero-order valence-electron chi connectivity index (χ0n) is 12.9. The zero-order valence-corrected chi connectivity index (χ0v) is 14.4. The predicted octanol–water partition coefficient (Wildman–Crippen LogP) is 4.76. The minimum atomic E-state index is -3.72. The molecule has 1 aromatic carbocycles. The van der Waals surface area contributed by atoms with Gasteiger partial charge < -0.3 is 4.74 Å². The molecule has 1 aromatic rings. The summed E-state index contributed by atoms with van der Waals surface area (Å²) in [6.45, 7) is 5.82. The Morgan fingerprint density at radius 3 is 2.33 bits per heavy atom. The Balaban J connectivity index is 2.38. The van der Waals surface area contributed by atoms with Crippen molar-refractivity contribution in [1.82, 2.24) is 0 Å². The van der Waals surface area contributed by atoms with Gasteiger partial charge in [-0.1, -0.05) is 20.3 Å². The van der Waals surface area contributed by atoms with Gasteiger partial charge in [0.15, 0.2) is 0 Å². The van der Waals surface area contributed by atoms with Gasteiger partial charge in [-0.3, -0.25) is 0 Å². The number of ether oxygens (including phenoxy) is 1. The predicted molar refractivity (Wildman–Crippen MR) is 85.8 cm³/mol. The monoisotopic (exact) mass is 330 g/mol. The van der Waals surface area contributed by atoms with Gasteiger partial charge in [0.2, 0.25) is 0 Å². The van der Waals surface area contributed by atoms with Crippen molar-refractivity contribution >= 4 is 19.7 Å². The maximum Gasteiger partial charge on any atom is 0.261 e. The molecule has 1 aliphatic carbocycles. The van der Waals surface area contributed by atoms with Gasteiger partial charge in [0, 0.05) is 10.7 Å². The number of rotatable bonds is 4. The number of aryl methyl sites for hydroxylation is 1. The van der Waals surface area contributed by atoms with E-state index in [1.807, 2.05) is 19.9 Å². The second-order valence-corrected chi connectivity index (χ2v) is 8.66. The molecule has 5 heteroatoms. The summed E-state index contributed by atoms with van der Waals surface area (Å²) in [7, 11) is 1.79. The first-order valence-electron chi connectivity index (χ1n) is 7.55. The number of halogens is 1. The topological polar surface area (TPSA) is 43.4 Å². The van der Waals surface area contributed by atoms with Crippen LogP contribution in [0.5, 0.6) is 5.75 Å². The molecule has 2 rings (SSSR count). The second-order valence-electron chi connectivity index (χ2n) is 6.13. The van der Waals surface area contributed by atoms with Crippen molar-refractivity contribution in [1.29, 1.82) is 0 Å². The van der Waals surface area contributed by atoms with Crippen LogP contribution in [0.4, 0.5) is 0 Å². The van der Waals surface area contributed by atoms with E-state index in [4.69, 9.17) is 15.4 Å². The SMILES string of the molecule is Cc1cc(OC2CCCCC2)c(C(C)C)cc1S(=O)(=O)Cl. The highest BCUT2D eigenvalue weighted by Crippen LogP contribution is 2.35. The van der Waals surface area contributed by atoms with E-state index in [1.54, 1.807) is 13.0 Å². The quantitative estimate of drug-likeness (QED) is 0.748. The van der Waals surface area contributed by atoms with Gasteiger partial charge in [-0.25, -0.2) is 8.42 Å². The Morgan fingerprint density at radius 1 is 1.19 bits per heavy atom. The van der Waals surface area contributed by atoms with E-state index >= 15 is 0 Å². The molecule has 3 nitrogen and oxygen atoms in total. The van der Waals surface area contributed by atoms with Crippen molar-refractivity contribution in [3.05, 3.63) is 23.3 Å². The molecule has 0 unspecified atom stereocenters. The van der Waals surface area contributed by atoms with E-state index in [9.17, 15) is 8.42 Å². The first-order chi connectivity index (χ1) is 9.79. The molecule has 118 valence electrons. The fraction of sp³-hybridized carbons (Fsp3) is 0.625. The van der Waals surface area contributed by atoms with Crippen LogP contribution in [0.15, 0.2) is 17.0 Å². The Hall–Kier alpha value is -0.740. The van der Waals surface area contributed by atoms with Crippen LogP contribution in [0.25, 0.3) is 0 Å². The van der Waals surface area contributed by atoms with Crippen molar-refractivity contribution in [3.8, 4) is 5.75 Å². The van der Waals surface area contributed by atoms with Gasteiger partial charge in [-0.2, -0.15) is 0 Å². The lowest BCUT2D eigenvalue weighted by atomic mass is 9.96. The summed E-state index contributed by atoms with van der Waals surface area (Å²) in [6, 6.07) is 3.49. The highest BCUT2D eigenvalue weighted by Gasteiger charge is 2.22. The molecule has 0 aromatic heterocycles. The first kappa shape index (κ1) is 16.6. The van der Waals surface area contributed by atoms with Crippen molar-refractivity contribution < 1.29 is 13.2 Å². The third-order valence-electron chi connectivity index (χ3n) is 4.04. The Kier molecular flexibility index (Phi) is 5.20. The summed E-state index contributed by atoms with van der Waals surface area (Å²) in [4.78, 5) is 0.184. The maximum absolute atomic E-state index is 11.7. The van der Waals surface area contributed by atoms with Crippen molar-refractivity contribution in [2.75, 3.05) is 0 Å². The van der Waals surface area contributed by atoms with E-state index in [-0.39, 0.29) is 16.9 Å². The van der Waals surface area contributed by atoms with Gasteiger partial charge in [0.05, 0.1) is 11.0 Å². The van der Waals surface area contributed by atoms with E-state index in [0.29, 0.717) is 5.56 Å². The van der Waals surface area contributed by atoms with E-state index in [0.717, 1.165) is 24.2 Å². The van der Waals surface area contributed by atoms with E-state index in [1.165, 1.54) is 19.3 Å². The number of hydrogen-bond acceptors (Lipinski definition) is 3. The zero-order chi connectivity index (χ0) is 15.6. The fourth-order valence-electron chi connectivity index (χ4n) is 2.86. The molecule has 0 aliphatic heterocycles. The molecule has 0 radical (unpaired) electrons. The summed E-state index contributed by atoms with van der Waals surface area (Å²) < 4.78 is 29.5. The van der Waals surface area contributed by atoms with Gasteiger partial charge in [0.25, 0.3) is 9.05 Å². The molecule has 21 heavy (non-hydrogen) atoms. The molecule has 1 aliphatic rings. The minimum Gasteiger partial charge on any atom is -0.490 e. The summed E-state index contributed by atoms with van der Waals surface area (Å²) in [6.07, 6.45) is 6.08. The average Bonchev–Trinajstić information content (AvgIpc) is 2.38. The maximum atomic E-state index is 11.7. The van der Waals surface area contributed by atoms with Gasteiger partial charge in [-0.05, 0) is 61.8 Å². The standard InChI is InChI=1S/C16H23ClO3S/c1-11(2)14-10-16(21(17,18)19)12(3)9-15(14)20-13-7-5-4-6-8-13/h9-11,13H,4-8H2,1-3H3. The molecular formula is C16H23ClO3S. The molecule has 0 amide bonds. The lowest BCUT2D eigenvalue weighted by molar-refractivity contribution is 0.153. The minimum absolute atomic E-state index is 0.182. The third kappa shape index (κ3) is 4.13. The lowest BCUT2D eigenvalue weighted by Gasteiger charge is -2.25. The molecule has 0 spiro atoms. The normalized spacial score (nSPS) is 17.2. The number of benzene rings is 1. The van der Waals surface area contributed by atoms with Crippen LogP contribution in [0, 0.1) is 6.92 Å². The van der Waals surface area contributed by atoms with Crippen LogP contribution in [-0.4, -0.2) is 14.5 Å². The lowest BCUT2D eigenvalue weighted by Crippen LogP contribution is -2.20. The number of hydrogen-bond donors (Lipinski definition) is 0. The summed E-state index contributed by atoms with van der Waals surface area (Å²) in [5.41, 5.74) is 1.55. The van der Waals surface area contributed by atoms with Crippen LogP contribution in [-0.2, 0) is 9.05 Å². The summed E-state index contributed by atoms with van der Waals surface area (Å²) in [5, 5.41) is 0. The van der Waals surface area contributed by atoms with Crippen LogP contribution in [0.2, 0.25) is 0 Å². The highest BCUT2D eigenvalue weighted by molar-refractivity contribution is 8.13. The van der Waals surface area contributed by atoms with Crippen molar-refractivity contribution in [2.45, 2.75) is 69.8 Å².